The Morgan fingerprint density at radius 2 is 2.12 bits per heavy atom. The van der Waals surface area contributed by atoms with Crippen LogP contribution in [0.2, 0.25) is 0 Å². The van der Waals surface area contributed by atoms with Gasteiger partial charge in [0.15, 0.2) is 0 Å². The molecule has 0 amide bonds. The van der Waals surface area contributed by atoms with Gasteiger partial charge in [0.2, 0.25) is 0 Å². The predicted molar refractivity (Wildman–Crippen MR) is 69.6 cm³/mol. The number of anilines is 2. The quantitative estimate of drug-likeness (QED) is 0.823. The van der Waals surface area contributed by atoms with E-state index < -0.39 is 0 Å². The van der Waals surface area contributed by atoms with E-state index in [-0.39, 0.29) is 11.4 Å². The summed E-state index contributed by atoms with van der Waals surface area (Å²) in [5.41, 5.74) is 6.31. The Hall–Kier alpha value is -1.62. The van der Waals surface area contributed by atoms with Gasteiger partial charge in [0, 0.05) is 23.0 Å². The molecular weight excluding hydrogens is 237 g/mol. The third-order valence-electron chi connectivity index (χ3n) is 2.34. The lowest BCUT2D eigenvalue weighted by Gasteiger charge is -2.25. The van der Waals surface area contributed by atoms with Crippen LogP contribution in [-0.4, -0.2) is 4.98 Å². The van der Waals surface area contributed by atoms with Crippen LogP contribution in [0.15, 0.2) is 29.8 Å². The molecule has 3 nitrogen and oxygen atoms in total. The molecule has 0 saturated heterocycles. The molecule has 5 heteroatoms. The van der Waals surface area contributed by atoms with Gasteiger partial charge in [0.1, 0.15) is 10.8 Å². The van der Waals surface area contributed by atoms with Crippen LogP contribution in [-0.2, 0) is 5.54 Å². The van der Waals surface area contributed by atoms with Crippen molar-refractivity contribution in [2.24, 2.45) is 0 Å². The van der Waals surface area contributed by atoms with E-state index in [9.17, 15) is 4.39 Å². The van der Waals surface area contributed by atoms with Crippen LogP contribution in [0.25, 0.3) is 0 Å². The Bertz CT molecular complexity index is 488. The molecular formula is C12H14FN3S. The Morgan fingerprint density at radius 3 is 2.71 bits per heavy atom. The summed E-state index contributed by atoms with van der Waals surface area (Å²) in [5.74, 6) is -0.345. The van der Waals surface area contributed by atoms with E-state index in [1.54, 1.807) is 23.6 Å². The molecule has 17 heavy (non-hydrogen) atoms. The molecule has 0 bridgehead atoms. The van der Waals surface area contributed by atoms with E-state index in [0.717, 1.165) is 5.01 Å². The molecule has 90 valence electrons. The topological polar surface area (TPSA) is 50.9 Å². The third-order valence-corrected chi connectivity index (χ3v) is 3.44. The van der Waals surface area contributed by atoms with E-state index in [4.69, 9.17) is 5.73 Å². The fraction of sp³-hybridized carbons (Fsp3) is 0.250. The molecule has 0 aliphatic heterocycles. The van der Waals surface area contributed by atoms with Crippen molar-refractivity contribution in [2.45, 2.75) is 19.4 Å². The van der Waals surface area contributed by atoms with Gasteiger partial charge < -0.3 is 11.1 Å². The predicted octanol–water partition coefficient (Wildman–Crippen LogP) is 3.21. The Morgan fingerprint density at radius 1 is 1.35 bits per heavy atom. The first-order valence-corrected chi connectivity index (χ1v) is 6.09. The molecule has 0 fully saturated rings. The normalized spacial score (nSPS) is 11.5. The number of aromatic nitrogens is 1. The van der Waals surface area contributed by atoms with Crippen molar-refractivity contribution in [2.75, 3.05) is 11.1 Å². The highest BCUT2D eigenvalue weighted by atomic mass is 32.1. The summed E-state index contributed by atoms with van der Waals surface area (Å²) in [5, 5.41) is 6.09. The van der Waals surface area contributed by atoms with Crippen molar-refractivity contribution in [1.82, 2.24) is 4.98 Å². The maximum Gasteiger partial charge on any atom is 0.127 e. The summed E-state index contributed by atoms with van der Waals surface area (Å²) in [7, 11) is 0. The van der Waals surface area contributed by atoms with Gasteiger partial charge in [-0.05, 0) is 32.0 Å². The second kappa shape index (κ2) is 4.33. The van der Waals surface area contributed by atoms with Crippen molar-refractivity contribution in [1.29, 1.82) is 0 Å². The minimum atomic E-state index is -0.353. The molecule has 0 spiro atoms. The number of nitrogens with one attached hydrogen (secondary N) is 1. The average molecular weight is 251 g/mol. The van der Waals surface area contributed by atoms with Crippen LogP contribution < -0.4 is 11.1 Å². The lowest BCUT2D eigenvalue weighted by Crippen LogP contribution is -2.27. The van der Waals surface area contributed by atoms with Crippen LogP contribution in [0.3, 0.4) is 0 Å². The lowest BCUT2D eigenvalue weighted by molar-refractivity contribution is 0.599. The van der Waals surface area contributed by atoms with Crippen LogP contribution in [0.5, 0.6) is 0 Å². The minimum absolute atomic E-state index is 0.345. The van der Waals surface area contributed by atoms with E-state index >= 15 is 0 Å². The standard InChI is InChI=1S/C12H14FN3S/c1-12(2,11-15-3-4-17-11)16-10-6-8(13)5-9(14)7-10/h3-7,16H,14H2,1-2H3. The van der Waals surface area contributed by atoms with Crippen LogP contribution in [0, 0.1) is 5.82 Å². The van der Waals surface area contributed by atoms with Crippen molar-refractivity contribution < 1.29 is 4.39 Å². The summed E-state index contributed by atoms with van der Waals surface area (Å²) in [6.07, 6.45) is 1.75. The summed E-state index contributed by atoms with van der Waals surface area (Å²) in [6.45, 7) is 3.99. The third kappa shape index (κ3) is 2.74. The van der Waals surface area contributed by atoms with Gasteiger partial charge in [-0.3, -0.25) is 0 Å². The molecule has 0 radical (unpaired) electrons. The minimum Gasteiger partial charge on any atom is -0.399 e. The smallest absolute Gasteiger partial charge is 0.127 e. The van der Waals surface area contributed by atoms with Gasteiger partial charge in [-0.2, -0.15) is 0 Å². The molecule has 3 N–H and O–H groups in total. The maximum absolute atomic E-state index is 13.2. The number of hydrogen-bond acceptors (Lipinski definition) is 4. The summed E-state index contributed by atoms with van der Waals surface area (Å²) < 4.78 is 13.2. The number of halogens is 1. The van der Waals surface area contributed by atoms with Crippen LogP contribution >= 0.6 is 11.3 Å². The van der Waals surface area contributed by atoms with Gasteiger partial charge in [-0.15, -0.1) is 11.3 Å². The van der Waals surface area contributed by atoms with E-state index in [2.05, 4.69) is 10.3 Å². The van der Waals surface area contributed by atoms with Gasteiger partial charge in [0.05, 0.1) is 5.54 Å². The van der Waals surface area contributed by atoms with Crippen LogP contribution in [0.4, 0.5) is 15.8 Å². The Kier molecular flexibility index (Phi) is 3.02. The monoisotopic (exact) mass is 251 g/mol. The fourth-order valence-corrected chi connectivity index (χ4v) is 2.35. The molecule has 0 unspecified atom stereocenters. The number of nitrogen functional groups attached to an aromatic ring is 1. The van der Waals surface area contributed by atoms with Crippen molar-refractivity contribution in [3.63, 3.8) is 0 Å². The first-order chi connectivity index (χ1) is 7.97. The summed E-state index contributed by atoms with van der Waals surface area (Å²) in [4.78, 5) is 4.26. The maximum atomic E-state index is 13.2. The molecule has 2 rings (SSSR count). The van der Waals surface area contributed by atoms with E-state index in [1.165, 1.54) is 12.1 Å². The number of hydrogen-bond donors (Lipinski definition) is 2. The number of nitrogens with zero attached hydrogens (tertiary/aromatic N) is 1. The van der Waals surface area contributed by atoms with Crippen molar-refractivity contribution >= 4 is 22.7 Å². The summed E-state index contributed by atoms with van der Waals surface area (Å²) in [6, 6.07) is 4.42. The van der Waals surface area contributed by atoms with Gasteiger partial charge in [-0.1, -0.05) is 0 Å². The van der Waals surface area contributed by atoms with Gasteiger partial charge in [0.25, 0.3) is 0 Å². The van der Waals surface area contributed by atoms with Crippen LogP contribution in [0.1, 0.15) is 18.9 Å². The van der Waals surface area contributed by atoms with E-state index in [0.29, 0.717) is 11.4 Å². The zero-order valence-corrected chi connectivity index (χ0v) is 10.5. The van der Waals surface area contributed by atoms with Gasteiger partial charge in [-0.25, -0.2) is 9.37 Å². The number of thiazole rings is 1. The number of benzene rings is 1. The van der Waals surface area contributed by atoms with E-state index in [1.807, 2.05) is 19.2 Å². The summed E-state index contributed by atoms with van der Waals surface area (Å²) >= 11 is 1.56. The molecule has 0 atom stereocenters. The highest BCUT2D eigenvalue weighted by Gasteiger charge is 2.23. The molecule has 1 heterocycles. The highest BCUT2D eigenvalue weighted by Crippen LogP contribution is 2.28. The Balaban J connectivity index is 2.26. The van der Waals surface area contributed by atoms with Crippen molar-refractivity contribution in [3.8, 4) is 0 Å². The highest BCUT2D eigenvalue weighted by molar-refractivity contribution is 7.09. The fourth-order valence-electron chi connectivity index (χ4n) is 1.63. The molecule has 0 saturated carbocycles. The molecule has 1 aromatic heterocycles. The zero-order chi connectivity index (χ0) is 12.5. The van der Waals surface area contributed by atoms with Crippen molar-refractivity contribution in [3.05, 3.63) is 40.6 Å². The second-order valence-electron chi connectivity index (χ2n) is 4.36. The number of rotatable bonds is 3. The molecule has 0 aliphatic rings. The number of nitrogens with two attached hydrogens (primary N) is 1. The molecule has 0 aliphatic carbocycles. The SMILES string of the molecule is CC(C)(Nc1cc(N)cc(F)c1)c1nccs1. The molecule has 2 aromatic rings. The lowest BCUT2D eigenvalue weighted by atomic mass is 10.1. The molecule has 1 aromatic carbocycles. The second-order valence-corrected chi connectivity index (χ2v) is 5.26. The first-order valence-electron chi connectivity index (χ1n) is 5.21. The average Bonchev–Trinajstić information content (AvgIpc) is 2.67. The largest absolute Gasteiger partial charge is 0.399 e. The Labute approximate surface area is 103 Å². The van der Waals surface area contributed by atoms with Gasteiger partial charge >= 0.3 is 0 Å². The first kappa shape index (κ1) is 11.9. The zero-order valence-electron chi connectivity index (χ0n) is 9.70.